The van der Waals surface area contributed by atoms with Gasteiger partial charge >= 0.3 is 12.2 Å². The number of nitrogens with zero attached hydrogens (tertiary/aromatic N) is 3. The molecule has 1 heterocycles. The van der Waals surface area contributed by atoms with E-state index in [1.807, 2.05) is 26.1 Å². The maximum atomic E-state index is 12.9. The minimum absolute atomic E-state index is 0.00489. The van der Waals surface area contributed by atoms with Crippen molar-refractivity contribution >= 4 is 41.7 Å². The molecule has 408 valence electrons. The molecule has 72 heavy (non-hydrogen) atoms. The van der Waals surface area contributed by atoms with Gasteiger partial charge in [-0.15, -0.1) is 5.10 Å². The van der Waals surface area contributed by atoms with Crippen LogP contribution >= 0.6 is 0 Å². The molecule has 1 aromatic heterocycles. The van der Waals surface area contributed by atoms with Crippen LogP contribution in [0, 0.1) is 12.8 Å². The van der Waals surface area contributed by atoms with E-state index in [2.05, 4.69) is 78.0 Å². The molecule has 0 aliphatic heterocycles. The van der Waals surface area contributed by atoms with E-state index in [0.29, 0.717) is 97.7 Å². The van der Waals surface area contributed by atoms with Gasteiger partial charge < -0.3 is 66.6 Å². The summed E-state index contributed by atoms with van der Waals surface area (Å²) in [5.74, 6) is -0.869. The van der Waals surface area contributed by atoms with Crippen LogP contribution in [0.3, 0.4) is 0 Å². The van der Waals surface area contributed by atoms with Gasteiger partial charge in [0.2, 0.25) is 29.5 Å². The Morgan fingerprint density at radius 3 is 2.10 bits per heavy atom. The predicted molar refractivity (Wildman–Crippen MR) is 269 cm³/mol. The number of hydrogen-bond acceptors (Lipinski definition) is 16. The number of aromatic nitrogens is 3. The molecule has 0 spiro atoms. The zero-order valence-corrected chi connectivity index (χ0v) is 43.6. The van der Waals surface area contributed by atoms with Crippen molar-refractivity contribution in [3.05, 3.63) is 47.3 Å². The molecular formula is C48H84N12O12. The van der Waals surface area contributed by atoms with Crippen LogP contribution in [-0.4, -0.2) is 162 Å². The second-order valence-electron chi connectivity index (χ2n) is 17.2. The zero-order chi connectivity index (χ0) is 53.4. The summed E-state index contributed by atoms with van der Waals surface area (Å²) in [6, 6.07) is 7.02. The molecule has 2 aromatic rings. The van der Waals surface area contributed by atoms with Crippen molar-refractivity contribution in [2.75, 3.05) is 87.1 Å². The Bertz CT molecular complexity index is 1830. The Morgan fingerprint density at radius 1 is 0.778 bits per heavy atom. The van der Waals surface area contributed by atoms with E-state index in [0.717, 1.165) is 25.0 Å². The number of carbonyl (C=O) groups excluding carboxylic acids is 7. The van der Waals surface area contributed by atoms with Crippen molar-refractivity contribution < 1.29 is 57.2 Å². The lowest BCUT2D eigenvalue weighted by Gasteiger charge is -2.23. The van der Waals surface area contributed by atoms with Crippen LogP contribution in [-0.2, 0) is 60.7 Å². The predicted octanol–water partition coefficient (Wildman–Crippen LogP) is 1.28. The highest BCUT2D eigenvalue weighted by Gasteiger charge is 2.24. The molecular weight excluding hydrogens is 937 g/mol. The number of carbonyl (C=O) groups is 7. The number of ether oxygens (including phenoxy) is 5. The lowest BCUT2D eigenvalue weighted by Crippen LogP contribution is -2.53. The smallest absolute Gasteiger partial charge is 0.406 e. The highest BCUT2D eigenvalue weighted by Crippen LogP contribution is 2.09. The molecule has 0 saturated heterocycles. The summed E-state index contributed by atoms with van der Waals surface area (Å²) >= 11 is 0. The first-order valence-corrected chi connectivity index (χ1v) is 24.7. The van der Waals surface area contributed by atoms with Gasteiger partial charge in [0.05, 0.1) is 31.9 Å². The van der Waals surface area contributed by atoms with E-state index in [4.69, 9.17) is 29.4 Å². The van der Waals surface area contributed by atoms with Crippen molar-refractivity contribution in [3.63, 3.8) is 0 Å². The molecule has 0 aliphatic carbocycles. The number of methoxy groups -OCH3 is 1. The summed E-state index contributed by atoms with van der Waals surface area (Å²) in [6.45, 7) is 12.1. The van der Waals surface area contributed by atoms with Crippen LogP contribution in [0.1, 0.15) is 102 Å². The van der Waals surface area contributed by atoms with Crippen LogP contribution < -0.4 is 48.3 Å². The maximum absolute atomic E-state index is 12.9. The van der Waals surface area contributed by atoms with Gasteiger partial charge in [-0.2, -0.15) is 0 Å². The number of alkyl carbamates (subject to hydrolysis) is 2. The van der Waals surface area contributed by atoms with Gasteiger partial charge in [0.1, 0.15) is 31.1 Å². The van der Waals surface area contributed by atoms with Crippen molar-refractivity contribution in [1.82, 2.24) is 57.5 Å². The zero-order valence-electron chi connectivity index (χ0n) is 43.6. The molecule has 0 saturated carbocycles. The fourth-order valence-electron chi connectivity index (χ4n) is 6.50. The Kier molecular flexibility index (Phi) is 36.1. The molecule has 0 fully saturated rings. The summed E-state index contributed by atoms with van der Waals surface area (Å²) in [7, 11) is 4.47. The number of unbranched alkanes of at least 4 members (excludes halogenated alkanes) is 2. The van der Waals surface area contributed by atoms with E-state index < -0.39 is 36.3 Å². The first kappa shape index (κ1) is 64.1. The summed E-state index contributed by atoms with van der Waals surface area (Å²) in [5.41, 5.74) is 8.68. The lowest BCUT2D eigenvalue weighted by atomic mass is 10.0. The van der Waals surface area contributed by atoms with E-state index in [9.17, 15) is 33.6 Å². The molecule has 24 heteroatoms. The molecule has 0 aliphatic rings. The fraction of sp³-hybridized carbons (Fsp3) is 0.688. The van der Waals surface area contributed by atoms with Crippen molar-refractivity contribution in [3.8, 4) is 0 Å². The molecule has 0 radical (unpaired) electrons. The van der Waals surface area contributed by atoms with Gasteiger partial charge in [0.15, 0.2) is 0 Å². The van der Waals surface area contributed by atoms with Crippen LogP contribution in [0.5, 0.6) is 0 Å². The highest BCUT2D eigenvalue weighted by molar-refractivity contribution is 5.89. The number of amides is 7. The Morgan fingerprint density at radius 2 is 1.46 bits per heavy atom. The van der Waals surface area contributed by atoms with Gasteiger partial charge in [-0.05, 0) is 76.3 Å². The third-order valence-electron chi connectivity index (χ3n) is 10.3. The molecule has 1 aromatic carbocycles. The van der Waals surface area contributed by atoms with E-state index in [1.54, 1.807) is 11.8 Å². The number of primary amides is 1. The SMILES string of the molecule is CNC(=O)OCC(COC(=O)NC)OCCCC(=O)NCCOCCCCNCN[C@@H](CC(C)C)C(=O)N[C@@H](CCCCNC(C)=O)C(N)=O.COCCCC(=O)NCc1cn(Cc2cccc(C)c2)nn1. The quantitative estimate of drug-likeness (QED) is 0.0338. The van der Waals surface area contributed by atoms with Gasteiger partial charge in [0, 0.05) is 80.5 Å². The molecule has 0 unspecified atom stereocenters. The average Bonchev–Trinajstić information content (AvgIpc) is 3.80. The van der Waals surface area contributed by atoms with Gasteiger partial charge in [0.25, 0.3) is 0 Å². The third kappa shape index (κ3) is 34.4. The summed E-state index contributed by atoms with van der Waals surface area (Å²) in [5, 5.41) is 30.4. The fourth-order valence-corrected chi connectivity index (χ4v) is 6.50. The molecule has 24 nitrogen and oxygen atoms in total. The molecule has 7 amide bonds. The van der Waals surface area contributed by atoms with Crippen LogP contribution in [0.25, 0.3) is 0 Å². The number of nitrogens with two attached hydrogens (primary N) is 1. The van der Waals surface area contributed by atoms with E-state index in [-0.39, 0.29) is 55.8 Å². The summed E-state index contributed by atoms with van der Waals surface area (Å²) < 4.78 is 27.8. The first-order valence-electron chi connectivity index (χ1n) is 24.7. The lowest BCUT2D eigenvalue weighted by molar-refractivity contribution is -0.129. The van der Waals surface area contributed by atoms with Crippen LogP contribution in [0.15, 0.2) is 30.5 Å². The Hall–Kier alpha value is -5.95. The minimum atomic E-state index is -0.775. The number of nitrogens with one attached hydrogen (secondary N) is 8. The Labute approximate surface area is 424 Å². The molecule has 2 atom stereocenters. The number of hydrogen-bond donors (Lipinski definition) is 9. The molecule has 0 bridgehead atoms. The molecule has 10 N–H and O–H groups in total. The van der Waals surface area contributed by atoms with Crippen molar-refractivity contribution in [2.24, 2.45) is 11.7 Å². The van der Waals surface area contributed by atoms with Gasteiger partial charge in [-0.25, -0.2) is 14.3 Å². The van der Waals surface area contributed by atoms with Crippen molar-refractivity contribution in [2.45, 2.75) is 123 Å². The summed E-state index contributed by atoms with van der Waals surface area (Å²) in [4.78, 5) is 82.2. The summed E-state index contributed by atoms with van der Waals surface area (Å²) in [6.07, 6.45) is 5.71. The second kappa shape index (κ2) is 40.6. The standard InChI is InChI=1S/C32H62N8O10.C16H22N4O2/c1-23(2)19-27(30(44)40-26(29(33)43)11-6-7-14-37-24(3)41)39-22-36-13-8-9-16-47-18-15-38-28(42)12-10-17-48-25(20-49-31(45)34-4)21-50-32(46)35-5;1-13-5-3-6-14(9-13)11-20-12-15(18-19-20)10-17-16(21)7-4-8-22-2/h23,25-27,36,39H,6-22H2,1-5H3,(H2,33,43)(H,34,45)(H,35,46)(H,37,41)(H,38,42)(H,40,44);3,5-6,9,12H,4,7-8,10-11H2,1-2H3,(H,17,21)/t26-,27-;/m0./s1. The highest BCUT2D eigenvalue weighted by atomic mass is 16.6. The van der Waals surface area contributed by atoms with Crippen LogP contribution in [0.2, 0.25) is 0 Å². The van der Waals surface area contributed by atoms with Crippen molar-refractivity contribution in [1.29, 1.82) is 0 Å². The maximum Gasteiger partial charge on any atom is 0.406 e. The normalized spacial score (nSPS) is 11.7. The second-order valence-corrected chi connectivity index (χ2v) is 17.2. The average molecular weight is 1020 g/mol. The minimum Gasteiger partial charge on any atom is -0.447 e. The number of rotatable bonds is 38. The monoisotopic (exact) mass is 1020 g/mol. The Balaban J connectivity index is 0.000000967. The van der Waals surface area contributed by atoms with Gasteiger partial charge in [-0.1, -0.05) is 48.9 Å². The number of aryl methyl sites for hydroxylation is 1. The van der Waals surface area contributed by atoms with E-state index >= 15 is 0 Å². The number of benzene rings is 1. The largest absolute Gasteiger partial charge is 0.447 e. The molecule has 2 rings (SSSR count). The van der Waals surface area contributed by atoms with Crippen LogP contribution in [0.4, 0.5) is 9.59 Å². The first-order chi connectivity index (χ1) is 34.6. The van der Waals surface area contributed by atoms with E-state index in [1.165, 1.54) is 32.1 Å². The van der Waals surface area contributed by atoms with Gasteiger partial charge in [-0.3, -0.25) is 29.3 Å². The third-order valence-corrected chi connectivity index (χ3v) is 10.3. The topological polar surface area (TPSA) is 319 Å².